The maximum Gasteiger partial charge on any atom is 0.323 e. The maximum absolute atomic E-state index is 11.7. The lowest BCUT2D eigenvalue weighted by Crippen LogP contribution is -2.22. The van der Waals surface area contributed by atoms with Gasteiger partial charge in [-0.3, -0.25) is 0 Å². The van der Waals surface area contributed by atoms with Gasteiger partial charge < -0.3 is 4.42 Å². The van der Waals surface area contributed by atoms with Gasteiger partial charge in [0.2, 0.25) is 0 Å². The summed E-state index contributed by atoms with van der Waals surface area (Å²) in [5.74, 6) is 0. The fourth-order valence-corrected chi connectivity index (χ4v) is 5.01. The predicted octanol–water partition coefficient (Wildman–Crippen LogP) is 3.82. The van der Waals surface area contributed by atoms with Gasteiger partial charge >= 0.3 is 7.64 Å². The quantitative estimate of drug-likeness (QED) is 0.573. The molecule has 1 aromatic heterocycles. The molecule has 0 aliphatic rings. The number of fused-ring (bicyclic) bond motifs is 1. The van der Waals surface area contributed by atoms with Crippen molar-refractivity contribution in [2.75, 3.05) is 0 Å². The highest BCUT2D eigenvalue weighted by atomic mass is 31.2. The Balaban J connectivity index is 2.02. The minimum absolute atomic E-state index is 0.727. The first-order chi connectivity index (χ1) is 12.3. The van der Waals surface area contributed by atoms with Crippen LogP contribution in [0.3, 0.4) is 0 Å². The summed E-state index contributed by atoms with van der Waals surface area (Å²) in [4.78, 5) is 11.7. The van der Waals surface area contributed by atoms with E-state index in [1.807, 2.05) is 84.9 Å². The van der Waals surface area contributed by atoms with Crippen LogP contribution >= 0.6 is 7.64 Å². The number of nitrogens with zero attached hydrogens (tertiary/aromatic N) is 1. The van der Waals surface area contributed by atoms with E-state index in [2.05, 4.69) is 0 Å². The molecule has 4 aromatic rings. The van der Waals surface area contributed by atoms with E-state index in [0.717, 1.165) is 26.9 Å². The molecule has 0 aliphatic carbocycles. The Morgan fingerprint density at radius 3 is 1.88 bits per heavy atom. The van der Waals surface area contributed by atoms with Gasteiger partial charge in [-0.2, -0.15) is 0 Å². The van der Waals surface area contributed by atoms with E-state index in [4.69, 9.17) is 9.18 Å². The summed E-state index contributed by atoms with van der Waals surface area (Å²) in [7, 11) is -2.92. The molecule has 4 rings (SSSR count). The van der Waals surface area contributed by atoms with Crippen LogP contribution in [0.1, 0.15) is 0 Å². The van der Waals surface area contributed by atoms with E-state index in [0.29, 0.717) is 0 Å². The summed E-state index contributed by atoms with van der Waals surface area (Å²) in [5, 5.41) is 3.26. The summed E-state index contributed by atoms with van der Waals surface area (Å²) < 4.78 is 10.4. The molecular weight excluding hydrogens is 329 g/mol. The van der Waals surface area contributed by atoms with Gasteiger partial charge in [-0.15, -0.1) is 0 Å². The van der Waals surface area contributed by atoms with E-state index in [1.54, 1.807) is 12.3 Å². The summed E-state index contributed by atoms with van der Waals surface area (Å²) in [6.07, 6.45) is 1.61. The van der Waals surface area contributed by atoms with E-state index >= 15 is 0 Å². The molecule has 1 N–H and O–H groups in total. The topological polar surface area (TPSA) is 45.7 Å². The number of benzene rings is 3. The Kier molecular flexibility index (Phi) is 4.19. The second kappa shape index (κ2) is 6.64. The van der Waals surface area contributed by atoms with E-state index < -0.39 is 7.64 Å². The molecule has 0 atom stereocenters. The van der Waals surface area contributed by atoms with Crippen LogP contribution in [-0.4, -0.2) is 4.89 Å². The average molecular weight is 346 g/mol. The smallest absolute Gasteiger partial charge is 0.323 e. The van der Waals surface area contributed by atoms with Gasteiger partial charge in [0, 0.05) is 11.5 Å². The zero-order valence-corrected chi connectivity index (χ0v) is 14.4. The molecule has 0 saturated carbocycles. The lowest BCUT2D eigenvalue weighted by molar-refractivity contribution is 0.601. The minimum atomic E-state index is -2.92. The number of para-hydroxylation sites is 1. The second-order valence-electron chi connectivity index (χ2n) is 5.67. The molecular formula is C21H17NO2P+. The monoisotopic (exact) mass is 346 g/mol. The van der Waals surface area contributed by atoms with Crippen molar-refractivity contribution in [3.63, 3.8) is 0 Å². The molecule has 0 unspecified atom stereocenters. The van der Waals surface area contributed by atoms with Crippen LogP contribution in [0.2, 0.25) is 0 Å². The van der Waals surface area contributed by atoms with E-state index in [-0.39, 0.29) is 0 Å². The molecule has 25 heavy (non-hydrogen) atoms. The summed E-state index contributed by atoms with van der Waals surface area (Å²) in [5.41, 5.74) is 0.747. The highest BCUT2D eigenvalue weighted by Gasteiger charge is 2.41. The largest absolute Gasteiger partial charge is 0.464 e. The van der Waals surface area contributed by atoms with Crippen molar-refractivity contribution in [3.05, 3.63) is 103 Å². The van der Waals surface area contributed by atoms with Gasteiger partial charge in [0.25, 0.3) is 0 Å². The zero-order chi connectivity index (χ0) is 17.1. The SMILES string of the molecule is O[P+](N=c1ccoc2ccccc12)(c1ccccc1)c1ccccc1. The van der Waals surface area contributed by atoms with Crippen LogP contribution in [0, 0.1) is 0 Å². The van der Waals surface area contributed by atoms with Gasteiger partial charge in [0.05, 0.1) is 6.26 Å². The molecule has 3 aromatic carbocycles. The number of hydrogen-bond acceptors (Lipinski definition) is 3. The van der Waals surface area contributed by atoms with Crippen LogP contribution in [0.5, 0.6) is 0 Å². The molecule has 4 heteroatoms. The van der Waals surface area contributed by atoms with Gasteiger partial charge in [-0.1, -0.05) is 53.3 Å². The second-order valence-corrected chi connectivity index (χ2v) is 8.11. The summed E-state index contributed by atoms with van der Waals surface area (Å²) in [6.45, 7) is 0. The van der Waals surface area contributed by atoms with Crippen LogP contribution < -0.4 is 16.0 Å². The molecule has 0 fully saturated rings. The normalized spacial score (nSPS) is 12.4. The van der Waals surface area contributed by atoms with Crippen LogP contribution in [-0.2, 0) is 0 Å². The molecule has 0 bridgehead atoms. The van der Waals surface area contributed by atoms with Gasteiger partial charge in [-0.05, 0) is 36.4 Å². The lowest BCUT2D eigenvalue weighted by atomic mass is 10.2. The van der Waals surface area contributed by atoms with Crippen molar-refractivity contribution in [2.45, 2.75) is 0 Å². The molecule has 0 spiro atoms. The van der Waals surface area contributed by atoms with Gasteiger partial charge in [-0.25, -0.2) is 4.89 Å². The molecule has 3 nitrogen and oxygen atoms in total. The van der Waals surface area contributed by atoms with Crippen molar-refractivity contribution in [1.29, 1.82) is 0 Å². The van der Waals surface area contributed by atoms with E-state index in [9.17, 15) is 4.89 Å². The Bertz CT molecular complexity index is 1010. The summed E-state index contributed by atoms with van der Waals surface area (Å²) in [6, 6.07) is 28.8. The number of rotatable bonds is 3. The van der Waals surface area contributed by atoms with Crippen LogP contribution in [0.25, 0.3) is 11.0 Å². The third-order valence-corrected chi connectivity index (χ3v) is 6.61. The highest BCUT2D eigenvalue weighted by molar-refractivity contribution is 7.83. The maximum atomic E-state index is 11.7. The standard InChI is InChI=1S/C21H17NO2P/c23-25(17-9-3-1-4-10-17,18-11-5-2-6-12-18)22-20-15-16-24-21-14-8-7-13-19(20)21/h1-16,23H/q+1. The average Bonchev–Trinajstić information content (AvgIpc) is 2.69. The van der Waals surface area contributed by atoms with Gasteiger partial charge in [0.1, 0.15) is 10.9 Å². The molecule has 0 amide bonds. The molecule has 0 aliphatic heterocycles. The van der Waals surface area contributed by atoms with Crippen molar-refractivity contribution >= 4 is 29.2 Å². The van der Waals surface area contributed by atoms with E-state index in [1.165, 1.54) is 0 Å². The summed E-state index contributed by atoms with van der Waals surface area (Å²) >= 11 is 0. The third-order valence-electron chi connectivity index (χ3n) is 4.07. The van der Waals surface area contributed by atoms with Crippen molar-refractivity contribution in [1.82, 2.24) is 0 Å². The molecule has 0 radical (unpaired) electrons. The number of hydrogen-bond donors (Lipinski definition) is 1. The first-order valence-electron chi connectivity index (χ1n) is 8.03. The molecule has 122 valence electrons. The van der Waals surface area contributed by atoms with Crippen molar-refractivity contribution in [2.24, 2.45) is 4.76 Å². The fourth-order valence-electron chi connectivity index (χ4n) is 2.82. The Morgan fingerprint density at radius 1 is 0.680 bits per heavy atom. The van der Waals surface area contributed by atoms with Gasteiger partial charge in [0.15, 0.2) is 10.6 Å². The lowest BCUT2D eigenvalue weighted by Gasteiger charge is -2.14. The predicted molar refractivity (Wildman–Crippen MR) is 103 cm³/mol. The minimum Gasteiger partial charge on any atom is -0.464 e. The Labute approximate surface area is 146 Å². The van der Waals surface area contributed by atoms with Crippen LogP contribution in [0.15, 0.2) is 106 Å². The first kappa shape index (κ1) is 15.8. The molecule has 0 saturated heterocycles. The fraction of sp³-hybridized carbons (Fsp3) is 0. The van der Waals surface area contributed by atoms with Crippen molar-refractivity contribution < 1.29 is 9.31 Å². The Hall–Kier alpha value is -2.74. The molecule has 1 heterocycles. The Morgan fingerprint density at radius 2 is 1.24 bits per heavy atom. The first-order valence-corrected chi connectivity index (χ1v) is 9.73. The van der Waals surface area contributed by atoms with Crippen molar-refractivity contribution in [3.8, 4) is 0 Å². The van der Waals surface area contributed by atoms with Crippen LogP contribution in [0.4, 0.5) is 0 Å². The third kappa shape index (κ3) is 3.00. The zero-order valence-electron chi connectivity index (χ0n) is 13.5. The highest BCUT2D eigenvalue weighted by Crippen LogP contribution is 2.53.